The van der Waals surface area contributed by atoms with Crippen molar-refractivity contribution < 1.29 is 14.6 Å². The molecule has 3 atom stereocenters. The molecule has 1 unspecified atom stereocenters. The van der Waals surface area contributed by atoms with Crippen LogP contribution in [0, 0.1) is 12.8 Å². The molecular weight excluding hydrogens is 412 g/mol. The molecule has 0 aromatic heterocycles. The lowest BCUT2D eigenvalue weighted by molar-refractivity contribution is 0.144. The maximum Gasteiger partial charge on any atom is 0.415 e. The molecule has 2 heterocycles. The maximum atomic E-state index is 13.1. The molecule has 1 aliphatic carbocycles. The molecule has 1 amide bonds. The van der Waals surface area contributed by atoms with Crippen LogP contribution in [0.3, 0.4) is 0 Å². The zero-order chi connectivity index (χ0) is 23.2. The van der Waals surface area contributed by atoms with E-state index in [2.05, 4.69) is 56.1 Å². The second-order valence-electron chi connectivity index (χ2n) is 10.1. The summed E-state index contributed by atoms with van der Waals surface area (Å²) in [6.45, 7) is 7.45. The monoisotopic (exact) mass is 446 g/mol. The predicted molar refractivity (Wildman–Crippen MR) is 129 cm³/mol. The van der Waals surface area contributed by atoms with Gasteiger partial charge < -0.3 is 19.6 Å². The van der Waals surface area contributed by atoms with E-state index in [1.54, 1.807) is 4.90 Å². The van der Waals surface area contributed by atoms with Gasteiger partial charge in [-0.25, -0.2) is 4.79 Å². The number of benzene rings is 2. The Bertz CT molecular complexity index is 1090. The minimum atomic E-state index is -0.390. The number of allylic oxidation sites excluding steroid dienone is 1. The van der Waals surface area contributed by atoms with Crippen LogP contribution >= 0.6 is 0 Å². The SMILES string of the molecule is Cc1c(OC(=O)N2CCc3ccccc3C2)ccc2c1[C@@]1(C=C[C@H](O)CC1C)CCN(C)C2. The van der Waals surface area contributed by atoms with Crippen LogP contribution in [0.4, 0.5) is 4.79 Å². The van der Waals surface area contributed by atoms with E-state index in [1.807, 2.05) is 18.2 Å². The zero-order valence-corrected chi connectivity index (χ0v) is 19.9. The fraction of sp³-hybridized carbons (Fsp3) is 0.464. The first-order valence-corrected chi connectivity index (χ1v) is 12.1. The Kier molecular flexibility index (Phi) is 5.79. The zero-order valence-electron chi connectivity index (χ0n) is 19.9. The van der Waals surface area contributed by atoms with Crippen LogP contribution < -0.4 is 4.74 Å². The van der Waals surface area contributed by atoms with Crippen LogP contribution in [0.1, 0.15) is 47.6 Å². The lowest BCUT2D eigenvalue weighted by Crippen LogP contribution is -2.39. The van der Waals surface area contributed by atoms with E-state index < -0.39 is 6.10 Å². The Morgan fingerprint density at radius 2 is 1.88 bits per heavy atom. The first-order chi connectivity index (χ1) is 15.9. The first kappa shape index (κ1) is 22.2. The van der Waals surface area contributed by atoms with Crippen molar-refractivity contribution >= 4 is 6.09 Å². The van der Waals surface area contributed by atoms with Crippen molar-refractivity contribution in [2.45, 2.75) is 57.7 Å². The molecule has 174 valence electrons. The van der Waals surface area contributed by atoms with Crippen molar-refractivity contribution in [1.29, 1.82) is 0 Å². The average molecular weight is 447 g/mol. The molecule has 1 spiro atoms. The number of carbonyl (C=O) groups is 1. The van der Waals surface area contributed by atoms with Crippen molar-refractivity contribution in [2.24, 2.45) is 5.92 Å². The van der Waals surface area contributed by atoms with Crippen molar-refractivity contribution in [2.75, 3.05) is 20.1 Å². The molecular formula is C28H34N2O3. The number of hydrogen-bond acceptors (Lipinski definition) is 4. The third-order valence-electron chi connectivity index (χ3n) is 7.99. The molecule has 1 N–H and O–H groups in total. The van der Waals surface area contributed by atoms with Gasteiger partial charge in [-0.1, -0.05) is 49.4 Å². The topological polar surface area (TPSA) is 53.0 Å². The van der Waals surface area contributed by atoms with Crippen LogP contribution in [0.25, 0.3) is 0 Å². The second kappa shape index (κ2) is 8.62. The summed E-state index contributed by atoms with van der Waals surface area (Å²) in [4.78, 5) is 17.3. The Morgan fingerprint density at radius 3 is 2.67 bits per heavy atom. The Morgan fingerprint density at radius 1 is 1.09 bits per heavy atom. The highest BCUT2D eigenvalue weighted by Crippen LogP contribution is 2.48. The summed E-state index contributed by atoms with van der Waals surface area (Å²) in [6, 6.07) is 12.4. The number of fused-ring (bicyclic) bond motifs is 3. The van der Waals surface area contributed by atoms with Crippen LogP contribution in [0.5, 0.6) is 5.75 Å². The summed E-state index contributed by atoms with van der Waals surface area (Å²) in [7, 11) is 2.16. The second-order valence-corrected chi connectivity index (χ2v) is 10.1. The molecule has 0 fully saturated rings. The lowest BCUT2D eigenvalue weighted by Gasteiger charge is -2.42. The number of ether oxygens (including phenoxy) is 1. The van der Waals surface area contributed by atoms with Crippen molar-refractivity contribution in [3.63, 3.8) is 0 Å². The van der Waals surface area contributed by atoms with Gasteiger partial charge in [-0.3, -0.25) is 0 Å². The van der Waals surface area contributed by atoms with Gasteiger partial charge in [0.25, 0.3) is 0 Å². The molecule has 0 saturated heterocycles. The Labute approximate surface area is 196 Å². The lowest BCUT2D eigenvalue weighted by atomic mass is 9.62. The minimum Gasteiger partial charge on any atom is -0.410 e. The quantitative estimate of drug-likeness (QED) is 0.652. The molecule has 5 heteroatoms. The van der Waals surface area contributed by atoms with Gasteiger partial charge in [0.15, 0.2) is 0 Å². The maximum absolute atomic E-state index is 13.1. The summed E-state index contributed by atoms with van der Waals surface area (Å²) in [5, 5.41) is 10.2. The van der Waals surface area contributed by atoms with E-state index in [1.165, 1.54) is 22.3 Å². The van der Waals surface area contributed by atoms with Crippen LogP contribution in [0.15, 0.2) is 48.6 Å². The molecule has 0 bridgehead atoms. The molecule has 2 aromatic carbocycles. The van der Waals surface area contributed by atoms with Crippen LogP contribution in [-0.4, -0.2) is 47.2 Å². The van der Waals surface area contributed by atoms with Crippen molar-refractivity contribution in [1.82, 2.24) is 9.80 Å². The van der Waals surface area contributed by atoms with E-state index in [0.717, 1.165) is 37.9 Å². The van der Waals surface area contributed by atoms with E-state index in [-0.39, 0.29) is 11.5 Å². The molecule has 2 aromatic rings. The molecule has 5 rings (SSSR count). The number of rotatable bonds is 1. The number of hydrogen-bond donors (Lipinski definition) is 1. The highest BCUT2D eigenvalue weighted by molar-refractivity contribution is 5.72. The fourth-order valence-corrected chi connectivity index (χ4v) is 6.08. The van der Waals surface area contributed by atoms with Gasteiger partial charge in [0.05, 0.1) is 6.10 Å². The van der Waals surface area contributed by atoms with Gasteiger partial charge in [-0.05, 0) is 79.6 Å². The van der Waals surface area contributed by atoms with Gasteiger partial charge in [0.2, 0.25) is 0 Å². The van der Waals surface area contributed by atoms with E-state index >= 15 is 0 Å². The summed E-state index contributed by atoms with van der Waals surface area (Å²) in [5.74, 6) is 0.944. The number of aliphatic hydroxyl groups excluding tert-OH is 1. The van der Waals surface area contributed by atoms with Gasteiger partial charge in [-0.2, -0.15) is 0 Å². The molecule has 5 nitrogen and oxygen atoms in total. The number of nitrogens with zero attached hydrogens (tertiary/aromatic N) is 2. The standard InChI is InChI=1S/C28H34N2O3/c1-19-16-24(31)10-12-28(19)13-15-29(3)17-23-8-9-25(20(2)26(23)28)33-27(32)30-14-11-21-6-4-5-7-22(21)18-30/h4-10,12,19,24,31H,11,13-18H2,1-3H3/t19?,24-,28-/m0/s1. The molecule has 3 aliphatic rings. The van der Waals surface area contributed by atoms with Crippen LogP contribution in [-0.2, 0) is 24.9 Å². The number of carbonyl (C=O) groups excluding carboxylic acids is 1. The van der Waals surface area contributed by atoms with Gasteiger partial charge >= 0.3 is 6.09 Å². The summed E-state index contributed by atoms with van der Waals surface area (Å²) in [6.07, 6.45) is 6.10. The third kappa shape index (κ3) is 3.98. The molecule has 2 aliphatic heterocycles. The smallest absolute Gasteiger partial charge is 0.410 e. The average Bonchev–Trinajstić information content (AvgIpc) is 2.95. The first-order valence-electron chi connectivity index (χ1n) is 12.1. The van der Waals surface area contributed by atoms with Crippen molar-refractivity contribution in [3.05, 3.63) is 76.4 Å². The van der Waals surface area contributed by atoms with Gasteiger partial charge in [0.1, 0.15) is 5.75 Å². The summed E-state index contributed by atoms with van der Waals surface area (Å²) in [5.41, 5.74) is 5.95. The predicted octanol–water partition coefficient (Wildman–Crippen LogP) is 4.58. The largest absolute Gasteiger partial charge is 0.415 e. The normalized spacial score (nSPS) is 27.1. The van der Waals surface area contributed by atoms with E-state index in [4.69, 9.17) is 4.74 Å². The number of amides is 1. The summed E-state index contributed by atoms with van der Waals surface area (Å²) >= 11 is 0. The highest BCUT2D eigenvalue weighted by Gasteiger charge is 2.43. The molecule has 0 radical (unpaired) electrons. The molecule has 33 heavy (non-hydrogen) atoms. The highest BCUT2D eigenvalue weighted by atomic mass is 16.6. The van der Waals surface area contributed by atoms with E-state index in [9.17, 15) is 9.90 Å². The summed E-state index contributed by atoms with van der Waals surface area (Å²) < 4.78 is 6.02. The number of aliphatic hydroxyl groups is 1. The fourth-order valence-electron chi connectivity index (χ4n) is 6.08. The minimum absolute atomic E-state index is 0.157. The third-order valence-corrected chi connectivity index (χ3v) is 7.99. The Hall–Kier alpha value is -2.63. The van der Waals surface area contributed by atoms with Gasteiger partial charge in [-0.15, -0.1) is 0 Å². The van der Waals surface area contributed by atoms with Gasteiger partial charge in [0, 0.05) is 25.0 Å². The Balaban J connectivity index is 1.47. The molecule has 0 saturated carbocycles. The van der Waals surface area contributed by atoms with Crippen LogP contribution in [0.2, 0.25) is 0 Å². The van der Waals surface area contributed by atoms with Crippen molar-refractivity contribution in [3.8, 4) is 5.75 Å². The van der Waals surface area contributed by atoms with E-state index in [0.29, 0.717) is 24.8 Å².